The van der Waals surface area contributed by atoms with Gasteiger partial charge in [-0.05, 0) is 73.9 Å². The van der Waals surface area contributed by atoms with Gasteiger partial charge in [0.15, 0.2) is 0 Å². The highest BCUT2D eigenvalue weighted by Gasteiger charge is 2.23. The number of urea groups is 1. The molecule has 0 radical (unpaired) electrons. The summed E-state index contributed by atoms with van der Waals surface area (Å²) in [6.45, 7) is 4.32. The fraction of sp³-hybridized carbons (Fsp3) is 0.533. The molecule has 0 unspecified atom stereocenters. The molecule has 2 rings (SSSR count). The Labute approximate surface area is 129 Å². The Bertz CT molecular complexity index is 458. The van der Waals surface area contributed by atoms with Crippen molar-refractivity contribution >= 4 is 27.6 Å². The molecule has 1 saturated heterocycles. The third-order valence-corrected chi connectivity index (χ3v) is 4.64. The van der Waals surface area contributed by atoms with E-state index in [0.29, 0.717) is 5.92 Å². The average molecular weight is 340 g/mol. The van der Waals surface area contributed by atoms with E-state index in [2.05, 4.69) is 45.4 Å². The van der Waals surface area contributed by atoms with Gasteiger partial charge in [-0.2, -0.15) is 0 Å². The van der Waals surface area contributed by atoms with Crippen LogP contribution in [-0.2, 0) is 0 Å². The van der Waals surface area contributed by atoms with Gasteiger partial charge in [-0.3, -0.25) is 0 Å². The number of rotatable bonds is 3. The van der Waals surface area contributed by atoms with Crippen LogP contribution in [-0.4, -0.2) is 37.1 Å². The van der Waals surface area contributed by atoms with E-state index in [-0.39, 0.29) is 12.1 Å². The standard InChI is InChI=1S/C15H22BrN3O/c1-11(12-7-9-19(2)10-8-12)17-15(20)18-14-6-4-3-5-13(14)16/h3-6,11-12H,7-10H2,1-2H3,(H2,17,18,20)/t11-/m1/s1. The van der Waals surface area contributed by atoms with Crippen LogP contribution in [0.1, 0.15) is 19.8 Å². The van der Waals surface area contributed by atoms with E-state index in [1.54, 1.807) is 0 Å². The van der Waals surface area contributed by atoms with Crippen LogP contribution in [0.3, 0.4) is 0 Å². The van der Waals surface area contributed by atoms with Crippen LogP contribution in [0.5, 0.6) is 0 Å². The molecule has 110 valence electrons. The summed E-state index contributed by atoms with van der Waals surface area (Å²) in [7, 11) is 2.15. The first-order valence-corrected chi connectivity index (χ1v) is 7.86. The van der Waals surface area contributed by atoms with E-state index < -0.39 is 0 Å². The van der Waals surface area contributed by atoms with Crippen LogP contribution in [0.25, 0.3) is 0 Å². The average Bonchev–Trinajstić information content (AvgIpc) is 2.42. The summed E-state index contributed by atoms with van der Waals surface area (Å²) in [6.07, 6.45) is 2.29. The lowest BCUT2D eigenvalue weighted by atomic mass is 9.91. The minimum atomic E-state index is -0.136. The van der Waals surface area contributed by atoms with Crippen molar-refractivity contribution in [2.24, 2.45) is 5.92 Å². The van der Waals surface area contributed by atoms with E-state index in [0.717, 1.165) is 36.1 Å². The van der Waals surface area contributed by atoms with Crippen molar-refractivity contribution in [3.63, 3.8) is 0 Å². The number of likely N-dealkylation sites (tertiary alicyclic amines) is 1. The fourth-order valence-electron chi connectivity index (χ4n) is 2.57. The summed E-state index contributed by atoms with van der Waals surface area (Å²) in [5.41, 5.74) is 0.792. The molecule has 0 saturated carbocycles. The Kier molecular flexibility index (Phi) is 5.43. The molecule has 0 bridgehead atoms. The van der Waals surface area contributed by atoms with Gasteiger partial charge in [0.05, 0.1) is 5.69 Å². The van der Waals surface area contributed by atoms with E-state index in [9.17, 15) is 4.79 Å². The highest BCUT2D eigenvalue weighted by molar-refractivity contribution is 9.10. The molecule has 1 aromatic rings. The molecule has 1 fully saturated rings. The zero-order chi connectivity index (χ0) is 14.5. The van der Waals surface area contributed by atoms with Gasteiger partial charge in [0, 0.05) is 10.5 Å². The SMILES string of the molecule is C[C@@H](NC(=O)Nc1ccccc1Br)C1CCN(C)CC1. The van der Waals surface area contributed by atoms with E-state index in [1.165, 1.54) is 0 Å². The second kappa shape index (κ2) is 7.09. The molecule has 20 heavy (non-hydrogen) atoms. The number of piperidine rings is 1. The lowest BCUT2D eigenvalue weighted by Crippen LogP contribution is -2.44. The molecule has 4 nitrogen and oxygen atoms in total. The topological polar surface area (TPSA) is 44.4 Å². The third-order valence-electron chi connectivity index (χ3n) is 3.95. The lowest BCUT2D eigenvalue weighted by molar-refractivity contribution is 0.189. The zero-order valence-electron chi connectivity index (χ0n) is 12.0. The number of carbonyl (C=O) groups excluding carboxylic acids is 1. The number of halogens is 1. The maximum atomic E-state index is 12.0. The highest BCUT2D eigenvalue weighted by atomic mass is 79.9. The lowest BCUT2D eigenvalue weighted by Gasteiger charge is -2.33. The molecule has 1 heterocycles. The monoisotopic (exact) mass is 339 g/mol. The third kappa shape index (κ3) is 4.21. The number of hydrogen-bond acceptors (Lipinski definition) is 2. The molecule has 5 heteroatoms. The summed E-state index contributed by atoms with van der Waals surface area (Å²) >= 11 is 3.43. The maximum absolute atomic E-state index is 12.0. The first kappa shape index (κ1) is 15.3. The summed E-state index contributed by atoms with van der Waals surface area (Å²) < 4.78 is 0.891. The van der Waals surface area contributed by atoms with Crippen LogP contribution in [0, 0.1) is 5.92 Å². The minimum Gasteiger partial charge on any atom is -0.335 e. The van der Waals surface area contributed by atoms with Crippen molar-refractivity contribution in [3.05, 3.63) is 28.7 Å². The quantitative estimate of drug-likeness (QED) is 0.887. The molecule has 1 aliphatic rings. The summed E-state index contributed by atoms with van der Waals surface area (Å²) in [4.78, 5) is 14.4. The Hall–Kier alpha value is -1.07. The Morgan fingerprint density at radius 2 is 2.00 bits per heavy atom. The smallest absolute Gasteiger partial charge is 0.319 e. The predicted octanol–water partition coefficient (Wildman–Crippen LogP) is 3.30. The van der Waals surface area contributed by atoms with Gasteiger partial charge >= 0.3 is 6.03 Å². The van der Waals surface area contributed by atoms with Crippen molar-refractivity contribution < 1.29 is 4.79 Å². The molecular weight excluding hydrogens is 318 g/mol. The fourth-order valence-corrected chi connectivity index (χ4v) is 2.96. The maximum Gasteiger partial charge on any atom is 0.319 e. The Morgan fingerprint density at radius 3 is 2.65 bits per heavy atom. The van der Waals surface area contributed by atoms with Crippen molar-refractivity contribution in [1.29, 1.82) is 0 Å². The predicted molar refractivity (Wildman–Crippen MR) is 86.0 cm³/mol. The van der Waals surface area contributed by atoms with Crippen LogP contribution >= 0.6 is 15.9 Å². The highest BCUT2D eigenvalue weighted by Crippen LogP contribution is 2.22. The van der Waals surface area contributed by atoms with Crippen molar-refractivity contribution in [1.82, 2.24) is 10.2 Å². The van der Waals surface area contributed by atoms with Gasteiger partial charge in [-0.1, -0.05) is 12.1 Å². The molecular formula is C15H22BrN3O. The second-order valence-corrected chi connectivity index (χ2v) is 6.36. The summed E-state index contributed by atoms with van der Waals surface area (Å²) in [5, 5.41) is 5.93. The molecule has 1 atom stereocenters. The van der Waals surface area contributed by atoms with E-state index in [1.807, 2.05) is 24.3 Å². The summed E-state index contributed by atoms with van der Waals surface area (Å²) in [5.74, 6) is 0.566. The number of amides is 2. The van der Waals surface area contributed by atoms with Crippen molar-refractivity contribution in [2.75, 3.05) is 25.5 Å². The van der Waals surface area contributed by atoms with E-state index in [4.69, 9.17) is 0 Å². The second-order valence-electron chi connectivity index (χ2n) is 5.51. The van der Waals surface area contributed by atoms with Gasteiger partial charge in [-0.15, -0.1) is 0 Å². The van der Waals surface area contributed by atoms with E-state index >= 15 is 0 Å². The molecule has 2 N–H and O–H groups in total. The largest absolute Gasteiger partial charge is 0.335 e. The Morgan fingerprint density at radius 1 is 1.35 bits per heavy atom. The molecule has 0 aliphatic carbocycles. The van der Waals surface area contributed by atoms with Crippen LogP contribution in [0.4, 0.5) is 10.5 Å². The molecule has 1 aliphatic heterocycles. The number of anilines is 1. The van der Waals surface area contributed by atoms with Gasteiger partial charge in [-0.25, -0.2) is 4.79 Å². The number of hydrogen-bond donors (Lipinski definition) is 2. The van der Waals surface area contributed by atoms with Crippen LogP contribution in [0.15, 0.2) is 28.7 Å². The molecule has 2 amide bonds. The van der Waals surface area contributed by atoms with Crippen molar-refractivity contribution in [2.45, 2.75) is 25.8 Å². The van der Waals surface area contributed by atoms with Crippen LogP contribution < -0.4 is 10.6 Å². The number of nitrogens with zero attached hydrogens (tertiary/aromatic N) is 1. The number of nitrogens with one attached hydrogen (secondary N) is 2. The molecule has 0 aromatic heterocycles. The Balaban J connectivity index is 1.84. The zero-order valence-corrected chi connectivity index (χ0v) is 13.6. The van der Waals surface area contributed by atoms with Gasteiger partial charge in [0.1, 0.15) is 0 Å². The van der Waals surface area contributed by atoms with Crippen LogP contribution in [0.2, 0.25) is 0 Å². The first-order chi connectivity index (χ1) is 9.56. The minimum absolute atomic E-state index is 0.136. The summed E-state index contributed by atoms with van der Waals surface area (Å²) in [6, 6.07) is 7.68. The molecule has 0 spiro atoms. The number of benzene rings is 1. The van der Waals surface area contributed by atoms with Gasteiger partial charge < -0.3 is 15.5 Å². The van der Waals surface area contributed by atoms with Crippen molar-refractivity contribution in [3.8, 4) is 0 Å². The van der Waals surface area contributed by atoms with Gasteiger partial charge in [0.25, 0.3) is 0 Å². The normalized spacial score (nSPS) is 18.6. The van der Waals surface area contributed by atoms with Gasteiger partial charge in [0.2, 0.25) is 0 Å². The number of carbonyl (C=O) groups is 1. The first-order valence-electron chi connectivity index (χ1n) is 7.07. The molecule has 1 aromatic carbocycles. The number of para-hydroxylation sites is 1.